The summed E-state index contributed by atoms with van der Waals surface area (Å²) in [5.74, 6) is -1.14. The van der Waals surface area contributed by atoms with Crippen molar-refractivity contribution in [1.29, 1.82) is 0 Å². The molecule has 0 radical (unpaired) electrons. The van der Waals surface area contributed by atoms with E-state index in [2.05, 4.69) is 6.58 Å². The predicted molar refractivity (Wildman–Crippen MR) is 58.7 cm³/mol. The number of amides is 2. The first-order chi connectivity index (χ1) is 7.92. The van der Waals surface area contributed by atoms with Crippen LogP contribution >= 0.6 is 0 Å². The lowest BCUT2D eigenvalue weighted by Crippen LogP contribution is -2.60. The number of likely N-dealkylation sites (tertiary alicyclic amines) is 1. The molecule has 0 spiro atoms. The van der Waals surface area contributed by atoms with Crippen LogP contribution in [0.5, 0.6) is 0 Å². The zero-order valence-corrected chi connectivity index (χ0v) is 9.97. The Morgan fingerprint density at radius 1 is 1.59 bits per heavy atom. The van der Waals surface area contributed by atoms with Gasteiger partial charge in [-0.2, -0.15) is 0 Å². The molecule has 0 aromatic carbocycles. The van der Waals surface area contributed by atoms with Crippen molar-refractivity contribution < 1.29 is 24.5 Å². The summed E-state index contributed by atoms with van der Waals surface area (Å²) in [6.07, 6.45) is -1.08. The molecular formula is C11H17NO5. The van der Waals surface area contributed by atoms with Crippen molar-refractivity contribution in [3.05, 3.63) is 12.2 Å². The highest BCUT2D eigenvalue weighted by Crippen LogP contribution is 2.30. The van der Waals surface area contributed by atoms with Gasteiger partial charge in [0.25, 0.3) is 5.91 Å². The molecule has 6 heteroatoms. The van der Waals surface area contributed by atoms with Gasteiger partial charge >= 0.3 is 0 Å². The highest BCUT2D eigenvalue weighted by Gasteiger charge is 2.50. The van der Waals surface area contributed by atoms with E-state index >= 15 is 0 Å². The van der Waals surface area contributed by atoms with E-state index in [0.717, 1.165) is 4.90 Å². The van der Waals surface area contributed by atoms with E-state index in [0.29, 0.717) is 0 Å². The van der Waals surface area contributed by atoms with E-state index in [9.17, 15) is 14.7 Å². The number of ether oxygens (including phenoxy) is 1. The lowest BCUT2D eigenvalue weighted by atomic mass is 10.0. The van der Waals surface area contributed by atoms with Gasteiger partial charge in [-0.25, -0.2) is 4.90 Å². The smallest absolute Gasteiger partial charge is 0.258 e. The van der Waals surface area contributed by atoms with Crippen LogP contribution in [0.4, 0.5) is 0 Å². The first kappa shape index (κ1) is 13.8. The van der Waals surface area contributed by atoms with E-state index in [-0.39, 0.29) is 18.4 Å². The molecule has 1 heterocycles. The Hall–Kier alpha value is -1.24. The van der Waals surface area contributed by atoms with E-state index < -0.39 is 30.3 Å². The molecule has 17 heavy (non-hydrogen) atoms. The largest absolute Gasteiger partial charge is 0.393 e. The number of methoxy groups -OCH3 is 1. The second kappa shape index (κ2) is 4.95. The maximum absolute atomic E-state index is 11.8. The molecular weight excluding hydrogens is 226 g/mol. The summed E-state index contributed by atoms with van der Waals surface area (Å²) in [5.41, 5.74) is -1.70. The third-order valence-electron chi connectivity index (χ3n) is 2.99. The third kappa shape index (κ3) is 2.11. The number of nitrogens with zero attached hydrogens (tertiary/aromatic N) is 1. The number of rotatable bonds is 5. The summed E-state index contributed by atoms with van der Waals surface area (Å²) in [6.45, 7) is 4.57. The fourth-order valence-electron chi connectivity index (χ4n) is 1.94. The molecule has 6 nitrogen and oxygen atoms in total. The number of aliphatic hydroxyl groups is 2. The standard InChI is InChI=1S/C11H17NO5/c1-4-11(16,8(6-13)17-3)12-9(14)5-7(2)10(12)15/h8,13,16H,2,4-6H2,1,3H3. The Labute approximate surface area is 99.5 Å². The zero-order chi connectivity index (χ0) is 13.2. The SMILES string of the molecule is C=C1CC(=O)N(C(O)(CC)C(CO)OC)C1=O. The Balaban J connectivity index is 3.12. The average molecular weight is 243 g/mol. The maximum atomic E-state index is 11.8. The van der Waals surface area contributed by atoms with Gasteiger partial charge in [0.1, 0.15) is 6.10 Å². The Morgan fingerprint density at radius 2 is 2.18 bits per heavy atom. The molecule has 1 aliphatic rings. The maximum Gasteiger partial charge on any atom is 0.258 e. The van der Waals surface area contributed by atoms with Gasteiger partial charge in [0.05, 0.1) is 13.0 Å². The number of imide groups is 1. The van der Waals surface area contributed by atoms with Crippen molar-refractivity contribution in [1.82, 2.24) is 4.90 Å². The van der Waals surface area contributed by atoms with Gasteiger partial charge in [-0.3, -0.25) is 9.59 Å². The Kier molecular flexibility index (Phi) is 4.03. The number of hydrogen-bond acceptors (Lipinski definition) is 5. The van der Waals surface area contributed by atoms with Crippen molar-refractivity contribution in [2.75, 3.05) is 13.7 Å². The summed E-state index contributed by atoms with van der Waals surface area (Å²) < 4.78 is 4.92. The minimum atomic E-state index is -1.84. The summed E-state index contributed by atoms with van der Waals surface area (Å²) in [6, 6.07) is 0. The van der Waals surface area contributed by atoms with E-state index in [4.69, 9.17) is 9.84 Å². The first-order valence-electron chi connectivity index (χ1n) is 5.33. The molecule has 1 fully saturated rings. The Morgan fingerprint density at radius 3 is 2.47 bits per heavy atom. The minimum absolute atomic E-state index is 0.0663. The summed E-state index contributed by atoms with van der Waals surface area (Å²) in [4.78, 5) is 24.2. The van der Waals surface area contributed by atoms with E-state index in [1.807, 2.05) is 0 Å². The topological polar surface area (TPSA) is 87.1 Å². The van der Waals surface area contributed by atoms with Crippen molar-refractivity contribution in [2.24, 2.45) is 0 Å². The normalized spacial score (nSPS) is 21.9. The number of carbonyl (C=O) groups is 2. The van der Waals surface area contributed by atoms with E-state index in [1.165, 1.54) is 7.11 Å². The second-order valence-electron chi connectivity index (χ2n) is 3.95. The lowest BCUT2D eigenvalue weighted by molar-refractivity contribution is -0.201. The van der Waals surface area contributed by atoms with Crippen LogP contribution in [0.1, 0.15) is 19.8 Å². The van der Waals surface area contributed by atoms with Gasteiger partial charge in [-0.1, -0.05) is 13.5 Å². The molecule has 1 saturated heterocycles. The van der Waals surface area contributed by atoms with Crippen LogP contribution < -0.4 is 0 Å². The highest BCUT2D eigenvalue weighted by atomic mass is 16.5. The van der Waals surface area contributed by atoms with Crippen LogP contribution in [-0.2, 0) is 14.3 Å². The van der Waals surface area contributed by atoms with Gasteiger partial charge in [-0.05, 0) is 6.42 Å². The Bertz CT molecular complexity index is 350. The molecule has 2 atom stereocenters. The van der Waals surface area contributed by atoms with Gasteiger partial charge < -0.3 is 14.9 Å². The molecule has 0 aromatic heterocycles. The lowest BCUT2D eigenvalue weighted by Gasteiger charge is -2.39. The van der Waals surface area contributed by atoms with Crippen molar-refractivity contribution in [3.63, 3.8) is 0 Å². The van der Waals surface area contributed by atoms with Crippen LogP contribution in [0, 0.1) is 0 Å². The van der Waals surface area contributed by atoms with Gasteiger partial charge in [0, 0.05) is 12.7 Å². The zero-order valence-electron chi connectivity index (χ0n) is 9.97. The van der Waals surface area contributed by atoms with Crippen LogP contribution in [-0.4, -0.2) is 52.5 Å². The van der Waals surface area contributed by atoms with Crippen LogP contribution in [0.15, 0.2) is 12.2 Å². The fourth-order valence-corrected chi connectivity index (χ4v) is 1.94. The molecule has 2 unspecified atom stereocenters. The number of hydrogen-bond donors (Lipinski definition) is 2. The average Bonchev–Trinajstić information content (AvgIpc) is 2.54. The molecule has 96 valence electrons. The summed E-state index contributed by atoms with van der Waals surface area (Å²) >= 11 is 0. The van der Waals surface area contributed by atoms with E-state index in [1.54, 1.807) is 6.92 Å². The second-order valence-corrected chi connectivity index (χ2v) is 3.95. The van der Waals surface area contributed by atoms with Crippen molar-refractivity contribution in [2.45, 2.75) is 31.6 Å². The molecule has 0 aliphatic carbocycles. The minimum Gasteiger partial charge on any atom is -0.393 e. The monoisotopic (exact) mass is 243 g/mol. The highest BCUT2D eigenvalue weighted by molar-refractivity contribution is 6.13. The fraction of sp³-hybridized carbons (Fsp3) is 0.636. The number of carbonyl (C=O) groups excluding carboxylic acids is 2. The van der Waals surface area contributed by atoms with Gasteiger partial charge in [-0.15, -0.1) is 0 Å². The third-order valence-corrected chi connectivity index (χ3v) is 2.99. The molecule has 1 rings (SSSR count). The summed E-state index contributed by atoms with van der Waals surface area (Å²) in [7, 11) is 1.29. The molecule has 2 N–H and O–H groups in total. The first-order valence-corrected chi connectivity index (χ1v) is 5.33. The molecule has 0 saturated carbocycles. The molecule has 0 aromatic rings. The van der Waals surface area contributed by atoms with Crippen LogP contribution in [0.25, 0.3) is 0 Å². The quantitative estimate of drug-likeness (QED) is 0.497. The molecule has 2 amide bonds. The van der Waals surface area contributed by atoms with Crippen molar-refractivity contribution in [3.8, 4) is 0 Å². The summed E-state index contributed by atoms with van der Waals surface area (Å²) in [5, 5.41) is 19.5. The number of aliphatic hydroxyl groups excluding tert-OH is 1. The van der Waals surface area contributed by atoms with Crippen LogP contribution in [0.2, 0.25) is 0 Å². The van der Waals surface area contributed by atoms with Crippen LogP contribution in [0.3, 0.4) is 0 Å². The predicted octanol–water partition coefficient (Wildman–Crippen LogP) is -0.593. The molecule has 1 aliphatic heterocycles. The van der Waals surface area contributed by atoms with Gasteiger partial charge in [0.15, 0.2) is 5.72 Å². The van der Waals surface area contributed by atoms with Gasteiger partial charge in [0.2, 0.25) is 5.91 Å². The molecule has 0 bridgehead atoms. The van der Waals surface area contributed by atoms with Crippen molar-refractivity contribution >= 4 is 11.8 Å².